The van der Waals surface area contributed by atoms with E-state index >= 15 is 0 Å². The Hall–Kier alpha value is -3.81. The Morgan fingerprint density at radius 1 is 1.05 bits per heavy atom. The van der Waals surface area contributed by atoms with Crippen molar-refractivity contribution in [2.24, 2.45) is 12.8 Å². The third kappa shape index (κ3) is 6.10. The number of carbonyl (C=O) groups excluding carboxylic acids is 1. The Morgan fingerprint density at radius 2 is 1.87 bits per heavy atom. The fraction of sp³-hybridized carbons (Fsp3) is 0.290. The first-order chi connectivity index (χ1) is 18.9. The molecule has 7 nitrogen and oxygen atoms in total. The highest BCUT2D eigenvalue weighted by Crippen LogP contribution is 2.34. The summed E-state index contributed by atoms with van der Waals surface area (Å²) in [5.41, 5.74) is 11.6. The van der Waals surface area contributed by atoms with E-state index in [4.69, 9.17) is 22.1 Å². The third-order valence-electron chi connectivity index (χ3n) is 7.08. The van der Waals surface area contributed by atoms with Gasteiger partial charge >= 0.3 is 0 Å². The second-order valence-corrected chi connectivity index (χ2v) is 10.4. The standard InChI is InChI=1S/C31H34ClN5O2/c1-20-8-10-23(17-24(20)30(38)34-14-7-5-3-4-6-13-33)39-31-35-27-18-25(26(32)19-28(27)36-31)21-9-11-29-22(16-21)12-15-37(29)2/h8-12,15-19H,3-7,13-14,33H2,1-2H3,(H,34,38)(H,35,36). The number of nitrogens with zero attached hydrogens (tertiary/aromatic N) is 2. The van der Waals surface area contributed by atoms with E-state index in [2.05, 4.69) is 44.1 Å². The number of nitrogens with two attached hydrogens (primary N) is 1. The van der Waals surface area contributed by atoms with Gasteiger partial charge in [0.2, 0.25) is 0 Å². The Morgan fingerprint density at radius 3 is 2.72 bits per heavy atom. The number of halogens is 1. The minimum Gasteiger partial charge on any atom is -0.426 e. The molecule has 0 radical (unpaired) electrons. The minimum absolute atomic E-state index is 0.101. The molecule has 0 aliphatic heterocycles. The Kier molecular flexibility index (Phi) is 8.19. The predicted molar refractivity (Wildman–Crippen MR) is 159 cm³/mol. The zero-order chi connectivity index (χ0) is 27.4. The molecule has 0 saturated heterocycles. The molecule has 8 heteroatoms. The van der Waals surface area contributed by atoms with E-state index in [1.54, 1.807) is 6.07 Å². The maximum absolute atomic E-state index is 12.8. The second-order valence-electron chi connectivity index (χ2n) is 9.98. The number of benzene rings is 3. The zero-order valence-corrected chi connectivity index (χ0v) is 23.1. The van der Waals surface area contributed by atoms with Crippen LogP contribution in [-0.4, -0.2) is 33.5 Å². The van der Waals surface area contributed by atoms with Gasteiger partial charge in [-0.1, -0.05) is 43.0 Å². The van der Waals surface area contributed by atoms with Crippen LogP contribution >= 0.6 is 11.6 Å². The topological polar surface area (TPSA) is 98.0 Å². The van der Waals surface area contributed by atoms with Crippen molar-refractivity contribution in [1.82, 2.24) is 19.9 Å². The third-order valence-corrected chi connectivity index (χ3v) is 7.39. The second kappa shape index (κ2) is 11.9. The van der Waals surface area contributed by atoms with Gasteiger partial charge in [-0.2, -0.15) is 4.98 Å². The first kappa shape index (κ1) is 26.8. The molecule has 3 aromatic carbocycles. The lowest BCUT2D eigenvalue weighted by atomic mass is 10.0. The summed E-state index contributed by atoms with van der Waals surface area (Å²) in [6, 6.07) is 18.0. The number of hydrogen-bond donors (Lipinski definition) is 3. The summed E-state index contributed by atoms with van der Waals surface area (Å²) >= 11 is 6.68. The lowest BCUT2D eigenvalue weighted by Gasteiger charge is -2.10. The maximum Gasteiger partial charge on any atom is 0.300 e. The molecular weight excluding hydrogens is 510 g/mol. The molecule has 202 valence electrons. The van der Waals surface area contributed by atoms with Crippen molar-refractivity contribution in [2.75, 3.05) is 13.1 Å². The largest absolute Gasteiger partial charge is 0.426 e. The van der Waals surface area contributed by atoms with Crippen LogP contribution in [0.25, 0.3) is 33.1 Å². The molecule has 0 unspecified atom stereocenters. The number of ether oxygens (including phenoxy) is 1. The SMILES string of the molecule is Cc1ccc(Oc2nc3cc(-c4ccc5c(ccn5C)c4)c(Cl)cc3[nH]2)cc1C(=O)NCCCCCCCN. The summed E-state index contributed by atoms with van der Waals surface area (Å²) in [6.45, 7) is 3.31. The van der Waals surface area contributed by atoms with Gasteiger partial charge in [-0.25, -0.2) is 0 Å². The molecular formula is C31H34ClN5O2. The van der Waals surface area contributed by atoms with Gasteiger partial charge in [-0.15, -0.1) is 0 Å². The fourth-order valence-electron chi connectivity index (χ4n) is 4.84. The Balaban J connectivity index is 1.29. The van der Waals surface area contributed by atoms with Gasteiger partial charge in [-0.05, 0) is 79.9 Å². The minimum atomic E-state index is -0.101. The summed E-state index contributed by atoms with van der Waals surface area (Å²) in [5.74, 6) is 0.434. The van der Waals surface area contributed by atoms with E-state index in [9.17, 15) is 4.79 Å². The number of amides is 1. The highest BCUT2D eigenvalue weighted by atomic mass is 35.5. The number of imidazole rings is 1. The van der Waals surface area contributed by atoms with E-state index in [0.717, 1.165) is 77.3 Å². The number of unbranched alkanes of at least 4 members (excludes halogenated alkanes) is 4. The van der Waals surface area contributed by atoms with Gasteiger partial charge in [0.1, 0.15) is 5.75 Å². The average molecular weight is 544 g/mol. The molecule has 5 rings (SSSR count). The molecule has 0 bridgehead atoms. The summed E-state index contributed by atoms with van der Waals surface area (Å²) in [7, 11) is 2.03. The van der Waals surface area contributed by atoms with Crippen molar-refractivity contribution in [3.63, 3.8) is 0 Å². The number of aromatic amines is 1. The van der Waals surface area contributed by atoms with E-state index in [-0.39, 0.29) is 5.91 Å². The van der Waals surface area contributed by atoms with Crippen LogP contribution in [0.3, 0.4) is 0 Å². The van der Waals surface area contributed by atoms with Crippen molar-refractivity contribution >= 4 is 39.4 Å². The summed E-state index contributed by atoms with van der Waals surface area (Å²) < 4.78 is 8.12. The fourth-order valence-corrected chi connectivity index (χ4v) is 5.12. The molecule has 0 aliphatic rings. The van der Waals surface area contributed by atoms with Crippen molar-refractivity contribution in [3.8, 4) is 22.9 Å². The number of nitrogens with one attached hydrogen (secondary N) is 2. The Labute approximate surface area is 233 Å². The lowest BCUT2D eigenvalue weighted by molar-refractivity contribution is 0.0952. The zero-order valence-electron chi connectivity index (χ0n) is 22.4. The number of H-pyrrole nitrogens is 1. The van der Waals surface area contributed by atoms with E-state index < -0.39 is 0 Å². The van der Waals surface area contributed by atoms with Gasteiger partial charge in [-0.3, -0.25) is 4.79 Å². The maximum atomic E-state index is 12.8. The van der Waals surface area contributed by atoms with Crippen LogP contribution < -0.4 is 15.8 Å². The van der Waals surface area contributed by atoms with E-state index in [0.29, 0.717) is 28.9 Å². The first-order valence-electron chi connectivity index (χ1n) is 13.4. The predicted octanol–water partition coefficient (Wildman–Crippen LogP) is 7.11. The van der Waals surface area contributed by atoms with Crippen molar-refractivity contribution in [1.29, 1.82) is 0 Å². The molecule has 0 atom stereocenters. The van der Waals surface area contributed by atoms with E-state index in [1.165, 1.54) is 0 Å². The molecule has 5 aromatic rings. The molecule has 2 aromatic heterocycles. The van der Waals surface area contributed by atoms with Gasteiger partial charge in [0.15, 0.2) is 0 Å². The Bertz CT molecular complexity index is 1620. The summed E-state index contributed by atoms with van der Waals surface area (Å²) in [4.78, 5) is 20.7. The summed E-state index contributed by atoms with van der Waals surface area (Å²) in [6.07, 6.45) is 7.42. The van der Waals surface area contributed by atoms with Crippen LogP contribution in [-0.2, 0) is 7.05 Å². The highest BCUT2D eigenvalue weighted by Gasteiger charge is 2.14. The van der Waals surface area contributed by atoms with Crippen molar-refractivity contribution in [3.05, 3.63) is 76.9 Å². The highest BCUT2D eigenvalue weighted by molar-refractivity contribution is 6.34. The first-order valence-corrected chi connectivity index (χ1v) is 13.8. The molecule has 0 spiro atoms. The van der Waals surface area contributed by atoms with E-state index in [1.807, 2.05) is 44.4 Å². The number of aryl methyl sites for hydroxylation is 2. The number of rotatable bonds is 11. The smallest absolute Gasteiger partial charge is 0.300 e. The van der Waals surface area contributed by atoms with Crippen LogP contribution in [0, 0.1) is 6.92 Å². The van der Waals surface area contributed by atoms with Crippen LogP contribution in [0.4, 0.5) is 0 Å². The lowest BCUT2D eigenvalue weighted by Crippen LogP contribution is -2.25. The molecule has 0 fully saturated rings. The normalized spacial score (nSPS) is 11.4. The molecule has 4 N–H and O–H groups in total. The number of aromatic nitrogens is 3. The van der Waals surface area contributed by atoms with Crippen LogP contribution in [0.15, 0.2) is 60.8 Å². The van der Waals surface area contributed by atoms with Crippen LogP contribution in [0.2, 0.25) is 5.02 Å². The van der Waals surface area contributed by atoms with Gasteiger partial charge in [0.25, 0.3) is 11.9 Å². The van der Waals surface area contributed by atoms with Crippen LogP contribution in [0.1, 0.15) is 48.0 Å². The quantitative estimate of drug-likeness (QED) is 0.154. The molecule has 0 saturated carbocycles. The van der Waals surface area contributed by atoms with Gasteiger partial charge < -0.3 is 25.3 Å². The monoisotopic (exact) mass is 543 g/mol. The number of carbonyl (C=O) groups is 1. The van der Waals surface area contributed by atoms with Crippen LogP contribution in [0.5, 0.6) is 11.8 Å². The van der Waals surface area contributed by atoms with Crippen molar-refractivity contribution in [2.45, 2.75) is 39.0 Å². The molecule has 0 aliphatic carbocycles. The molecule has 2 heterocycles. The van der Waals surface area contributed by atoms with Crippen molar-refractivity contribution < 1.29 is 9.53 Å². The number of hydrogen-bond acceptors (Lipinski definition) is 4. The van der Waals surface area contributed by atoms with Gasteiger partial charge in [0.05, 0.1) is 16.1 Å². The average Bonchev–Trinajstić information content (AvgIpc) is 3.50. The molecule has 1 amide bonds. The molecule has 39 heavy (non-hydrogen) atoms. The van der Waals surface area contributed by atoms with Gasteiger partial charge in [0, 0.05) is 41.8 Å². The number of fused-ring (bicyclic) bond motifs is 2. The summed E-state index contributed by atoms with van der Waals surface area (Å²) in [5, 5.41) is 4.80.